The first-order valence-corrected chi connectivity index (χ1v) is 9.35. The lowest BCUT2D eigenvalue weighted by Gasteiger charge is -2.34. The summed E-state index contributed by atoms with van der Waals surface area (Å²) in [5.41, 5.74) is -0.435. The normalized spacial score (nSPS) is 17.4. The van der Waals surface area contributed by atoms with Gasteiger partial charge < -0.3 is 10.1 Å². The zero-order valence-corrected chi connectivity index (χ0v) is 16.1. The van der Waals surface area contributed by atoms with Crippen LogP contribution in [-0.2, 0) is 4.74 Å². The van der Waals surface area contributed by atoms with Crippen molar-refractivity contribution in [1.82, 2.24) is 5.32 Å². The molecule has 0 aromatic heterocycles. The van der Waals surface area contributed by atoms with Crippen LogP contribution in [0.2, 0.25) is 0 Å². The molecule has 0 saturated heterocycles. The van der Waals surface area contributed by atoms with Gasteiger partial charge in [0, 0.05) is 11.6 Å². The number of para-hydroxylation sites is 1. The van der Waals surface area contributed by atoms with E-state index in [0.29, 0.717) is 5.56 Å². The van der Waals surface area contributed by atoms with Crippen molar-refractivity contribution in [2.45, 2.75) is 70.4 Å². The number of carbonyl (C=O) groups excluding carboxylic acids is 1. The van der Waals surface area contributed by atoms with Gasteiger partial charge in [-0.2, -0.15) is 5.26 Å². The zero-order chi connectivity index (χ0) is 20.0. The van der Waals surface area contributed by atoms with Crippen molar-refractivity contribution in [2.24, 2.45) is 5.92 Å². The standard InChI is InChI=1S/C20H27N3O4/c1-20(2,3)27-19(24)22-18(14-9-5-4-6-10-14)16(13-21)15-11-7-8-12-17(15)23(25)26/h7-8,11-12,14,16,18H,4-6,9-10H2,1-3H3,(H,22,24)/t16-,18-/m1/s1. The summed E-state index contributed by atoms with van der Waals surface area (Å²) in [6.45, 7) is 5.31. The van der Waals surface area contributed by atoms with Gasteiger partial charge in [0.2, 0.25) is 0 Å². The molecule has 0 radical (unpaired) electrons. The lowest BCUT2D eigenvalue weighted by atomic mass is 9.76. The number of rotatable bonds is 5. The molecule has 1 aliphatic carbocycles. The van der Waals surface area contributed by atoms with Gasteiger partial charge in [0.1, 0.15) is 5.60 Å². The van der Waals surface area contributed by atoms with E-state index in [0.717, 1.165) is 32.1 Å². The molecule has 2 rings (SSSR count). The first-order valence-electron chi connectivity index (χ1n) is 9.35. The summed E-state index contributed by atoms with van der Waals surface area (Å²) >= 11 is 0. The molecule has 2 atom stereocenters. The Balaban J connectivity index is 2.37. The summed E-state index contributed by atoms with van der Waals surface area (Å²) in [4.78, 5) is 23.4. The minimum atomic E-state index is -0.817. The van der Waals surface area contributed by atoms with E-state index in [1.54, 1.807) is 39.0 Å². The quantitative estimate of drug-likeness (QED) is 0.596. The summed E-state index contributed by atoms with van der Waals surface area (Å²) in [6.07, 6.45) is 4.31. The van der Waals surface area contributed by atoms with Gasteiger partial charge in [-0.25, -0.2) is 4.79 Å². The molecule has 1 N–H and O–H groups in total. The van der Waals surface area contributed by atoms with Crippen molar-refractivity contribution in [2.75, 3.05) is 0 Å². The maximum Gasteiger partial charge on any atom is 0.407 e. The molecule has 1 aromatic carbocycles. The van der Waals surface area contributed by atoms with Gasteiger partial charge in [-0.15, -0.1) is 0 Å². The van der Waals surface area contributed by atoms with Gasteiger partial charge in [0.15, 0.2) is 0 Å². The number of benzene rings is 1. The third-order valence-electron chi connectivity index (χ3n) is 4.81. The number of ether oxygens (including phenoxy) is 1. The van der Waals surface area contributed by atoms with Crippen molar-refractivity contribution < 1.29 is 14.5 Å². The highest BCUT2D eigenvalue weighted by Gasteiger charge is 2.37. The average Bonchev–Trinajstić information content (AvgIpc) is 2.61. The number of nitro benzene ring substituents is 1. The minimum Gasteiger partial charge on any atom is -0.444 e. The molecule has 0 heterocycles. The highest BCUT2D eigenvalue weighted by atomic mass is 16.6. The molecule has 1 amide bonds. The average molecular weight is 373 g/mol. The lowest BCUT2D eigenvalue weighted by molar-refractivity contribution is -0.385. The first-order chi connectivity index (χ1) is 12.7. The fourth-order valence-electron chi connectivity index (χ4n) is 3.67. The predicted octanol–water partition coefficient (Wildman–Crippen LogP) is 4.68. The number of amides is 1. The Morgan fingerprint density at radius 1 is 1.30 bits per heavy atom. The van der Waals surface area contributed by atoms with Crippen molar-refractivity contribution in [3.05, 3.63) is 39.9 Å². The van der Waals surface area contributed by atoms with Gasteiger partial charge in [0.05, 0.1) is 23.0 Å². The Morgan fingerprint density at radius 2 is 1.93 bits per heavy atom. The Hall–Kier alpha value is -2.62. The molecule has 7 nitrogen and oxygen atoms in total. The molecule has 1 saturated carbocycles. The molecule has 146 valence electrons. The lowest BCUT2D eigenvalue weighted by Crippen LogP contribution is -2.46. The fourth-order valence-corrected chi connectivity index (χ4v) is 3.67. The largest absolute Gasteiger partial charge is 0.444 e. The molecule has 1 aromatic rings. The van der Waals surface area contributed by atoms with Crippen molar-refractivity contribution in [3.8, 4) is 6.07 Å². The summed E-state index contributed by atoms with van der Waals surface area (Å²) in [6, 6.07) is 7.91. The topological polar surface area (TPSA) is 105 Å². The van der Waals surface area contributed by atoms with Crippen molar-refractivity contribution >= 4 is 11.8 Å². The number of nitro groups is 1. The SMILES string of the molecule is CC(C)(C)OC(=O)N[C@H](C1CCCCC1)[C@H](C#N)c1ccccc1[N+](=O)[O-]. The second kappa shape index (κ2) is 8.85. The van der Waals surface area contributed by atoms with Crippen LogP contribution in [0.1, 0.15) is 64.4 Å². The van der Waals surface area contributed by atoms with Crippen LogP contribution < -0.4 is 5.32 Å². The Bertz CT molecular complexity index is 715. The number of carbonyl (C=O) groups is 1. The van der Waals surface area contributed by atoms with Crippen LogP contribution in [0.25, 0.3) is 0 Å². The summed E-state index contributed by atoms with van der Waals surface area (Å²) in [5, 5.41) is 24.2. The third-order valence-corrected chi connectivity index (χ3v) is 4.81. The number of alkyl carbamates (subject to hydrolysis) is 1. The monoisotopic (exact) mass is 373 g/mol. The van der Waals surface area contributed by atoms with Gasteiger partial charge in [-0.3, -0.25) is 10.1 Å². The number of nitriles is 1. The molecular weight excluding hydrogens is 346 g/mol. The molecule has 0 spiro atoms. The number of hydrogen-bond acceptors (Lipinski definition) is 5. The number of nitrogens with zero attached hydrogens (tertiary/aromatic N) is 2. The number of nitrogens with one attached hydrogen (secondary N) is 1. The van der Waals surface area contributed by atoms with E-state index in [2.05, 4.69) is 11.4 Å². The van der Waals surface area contributed by atoms with Crippen molar-refractivity contribution in [3.63, 3.8) is 0 Å². The van der Waals surface area contributed by atoms with Gasteiger partial charge in [-0.1, -0.05) is 37.5 Å². The Labute approximate surface area is 159 Å². The molecule has 7 heteroatoms. The number of hydrogen-bond donors (Lipinski definition) is 1. The molecule has 0 bridgehead atoms. The van der Waals surface area contributed by atoms with Crippen molar-refractivity contribution in [1.29, 1.82) is 5.26 Å². The fraction of sp³-hybridized carbons (Fsp3) is 0.600. The van der Waals surface area contributed by atoms with E-state index in [-0.39, 0.29) is 11.6 Å². The predicted molar refractivity (Wildman–Crippen MR) is 101 cm³/mol. The highest BCUT2D eigenvalue weighted by Crippen LogP contribution is 2.36. The summed E-state index contributed by atoms with van der Waals surface area (Å²) < 4.78 is 5.37. The Kier molecular flexibility index (Phi) is 6.78. The molecule has 1 aliphatic rings. The van der Waals surface area contributed by atoms with Crippen LogP contribution in [0.4, 0.5) is 10.5 Å². The van der Waals surface area contributed by atoms with E-state index in [9.17, 15) is 20.2 Å². The smallest absolute Gasteiger partial charge is 0.407 e. The molecule has 27 heavy (non-hydrogen) atoms. The van der Waals surface area contributed by atoms with Gasteiger partial charge in [-0.05, 0) is 39.5 Å². The van der Waals surface area contributed by atoms with Gasteiger partial charge in [0.25, 0.3) is 5.69 Å². The molecule has 0 aliphatic heterocycles. The highest BCUT2D eigenvalue weighted by molar-refractivity contribution is 5.68. The first kappa shape index (κ1) is 20.7. The summed E-state index contributed by atoms with van der Waals surface area (Å²) in [7, 11) is 0. The molecule has 0 unspecified atom stereocenters. The minimum absolute atomic E-state index is 0.0794. The van der Waals surface area contributed by atoms with E-state index in [1.807, 2.05) is 0 Å². The van der Waals surface area contributed by atoms with E-state index in [1.165, 1.54) is 6.07 Å². The Morgan fingerprint density at radius 3 is 2.48 bits per heavy atom. The van der Waals surface area contributed by atoms with E-state index < -0.39 is 28.6 Å². The summed E-state index contributed by atoms with van der Waals surface area (Å²) in [5.74, 6) is -0.738. The van der Waals surface area contributed by atoms with Crippen LogP contribution in [-0.4, -0.2) is 22.7 Å². The maximum absolute atomic E-state index is 12.4. The van der Waals surface area contributed by atoms with Crippen LogP contribution in [0.3, 0.4) is 0 Å². The second-order valence-corrected chi connectivity index (χ2v) is 7.99. The van der Waals surface area contributed by atoms with Gasteiger partial charge >= 0.3 is 6.09 Å². The van der Waals surface area contributed by atoms with E-state index >= 15 is 0 Å². The maximum atomic E-state index is 12.4. The van der Waals surface area contributed by atoms with E-state index in [4.69, 9.17) is 4.74 Å². The molecular formula is C20H27N3O4. The van der Waals surface area contributed by atoms with Crippen LogP contribution in [0.15, 0.2) is 24.3 Å². The van der Waals surface area contributed by atoms with Crippen LogP contribution in [0, 0.1) is 27.4 Å². The molecule has 1 fully saturated rings. The third kappa shape index (κ3) is 5.68. The van der Waals surface area contributed by atoms with Crippen LogP contribution >= 0.6 is 0 Å². The second-order valence-electron chi connectivity index (χ2n) is 7.99. The van der Waals surface area contributed by atoms with Crippen LogP contribution in [0.5, 0.6) is 0 Å². The zero-order valence-electron chi connectivity index (χ0n) is 16.1.